The molecule has 1 aromatic carbocycles. The third-order valence-corrected chi connectivity index (χ3v) is 5.91. The van der Waals surface area contributed by atoms with Crippen LogP contribution in [0.25, 0.3) is 0 Å². The van der Waals surface area contributed by atoms with Crippen LogP contribution in [-0.4, -0.2) is 37.4 Å². The topological polar surface area (TPSA) is 74.7 Å². The van der Waals surface area contributed by atoms with E-state index in [-0.39, 0.29) is 10.5 Å². The quantitative estimate of drug-likeness (QED) is 0.884. The smallest absolute Gasteiger partial charge is 0.337 e. The highest BCUT2D eigenvalue weighted by molar-refractivity contribution is 7.89. The lowest BCUT2D eigenvalue weighted by atomic mass is 10.2. The van der Waals surface area contributed by atoms with Gasteiger partial charge in [0.25, 0.3) is 0 Å². The Bertz CT molecular complexity index is 723. The molecule has 5 nitrogen and oxygen atoms in total. The van der Waals surface area contributed by atoms with E-state index in [2.05, 4.69) is 0 Å². The molecule has 112 valence electrons. The van der Waals surface area contributed by atoms with Crippen LogP contribution in [0.2, 0.25) is 0 Å². The van der Waals surface area contributed by atoms with Gasteiger partial charge in [-0.1, -0.05) is 18.2 Å². The Morgan fingerprint density at radius 2 is 1.95 bits per heavy atom. The third-order valence-electron chi connectivity index (χ3n) is 3.06. The highest BCUT2D eigenvalue weighted by atomic mass is 32.2. The lowest BCUT2D eigenvalue weighted by molar-refractivity contribution is 0.0692. The number of rotatable bonds is 6. The van der Waals surface area contributed by atoms with Crippen molar-refractivity contribution in [3.8, 4) is 0 Å². The van der Waals surface area contributed by atoms with E-state index in [1.807, 2.05) is 17.5 Å². The van der Waals surface area contributed by atoms with E-state index in [1.165, 1.54) is 35.6 Å². The van der Waals surface area contributed by atoms with Gasteiger partial charge < -0.3 is 5.11 Å². The van der Waals surface area contributed by atoms with Gasteiger partial charge in [-0.15, -0.1) is 11.3 Å². The predicted molar refractivity (Wildman–Crippen MR) is 81.2 cm³/mol. The van der Waals surface area contributed by atoms with Crippen molar-refractivity contribution < 1.29 is 18.3 Å². The number of nitrogens with zero attached hydrogens (tertiary/aromatic N) is 1. The number of aromatic carboxylic acids is 1. The van der Waals surface area contributed by atoms with Crippen molar-refractivity contribution in [1.82, 2.24) is 4.31 Å². The molecule has 0 aliphatic rings. The van der Waals surface area contributed by atoms with Gasteiger partial charge in [0.15, 0.2) is 0 Å². The second-order valence-electron chi connectivity index (χ2n) is 4.46. The van der Waals surface area contributed by atoms with E-state index in [0.717, 1.165) is 4.88 Å². The first-order chi connectivity index (χ1) is 9.93. The standard InChI is InChI=1S/C14H15NO4S2/c1-15(9-8-11-5-4-10-20-11)21(18,19)13-7-3-2-6-12(13)14(16)17/h2-7,10H,8-9H2,1H3,(H,16,17). The van der Waals surface area contributed by atoms with Crippen LogP contribution >= 0.6 is 11.3 Å². The van der Waals surface area contributed by atoms with Gasteiger partial charge in [-0.3, -0.25) is 0 Å². The fourth-order valence-corrected chi connectivity index (χ4v) is 3.93. The fourth-order valence-electron chi connectivity index (χ4n) is 1.88. The summed E-state index contributed by atoms with van der Waals surface area (Å²) in [5.41, 5.74) is -0.208. The number of hydrogen-bond donors (Lipinski definition) is 1. The van der Waals surface area contributed by atoms with Gasteiger partial charge in [0, 0.05) is 18.5 Å². The van der Waals surface area contributed by atoms with Crippen molar-refractivity contribution in [3.05, 3.63) is 52.2 Å². The molecule has 1 aromatic heterocycles. The second kappa shape index (κ2) is 6.38. The maximum Gasteiger partial charge on any atom is 0.337 e. The Morgan fingerprint density at radius 1 is 1.24 bits per heavy atom. The molecule has 1 heterocycles. The summed E-state index contributed by atoms with van der Waals surface area (Å²) in [5.74, 6) is -1.25. The molecule has 0 aliphatic heterocycles. The van der Waals surface area contributed by atoms with Crippen LogP contribution in [0.5, 0.6) is 0 Å². The first-order valence-corrected chi connectivity index (χ1v) is 8.56. The van der Waals surface area contributed by atoms with Crippen LogP contribution in [-0.2, 0) is 16.4 Å². The number of carboxylic acids is 1. The van der Waals surface area contributed by atoms with Gasteiger partial charge in [0.2, 0.25) is 10.0 Å². The Morgan fingerprint density at radius 3 is 2.57 bits per heavy atom. The molecular formula is C14H15NO4S2. The van der Waals surface area contributed by atoms with Gasteiger partial charge in [-0.25, -0.2) is 17.5 Å². The molecule has 0 saturated heterocycles. The van der Waals surface area contributed by atoms with Gasteiger partial charge in [0.05, 0.1) is 10.5 Å². The largest absolute Gasteiger partial charge is 0.478 e. The molecule has 0 spiro atoms. The zero-order valence-electron chi connectivity index (χ0n) is 11.4. The molecule has 21 heavy (non-hydrogen) atoms. The van der Waals surface area contributed by atoms with E-state index in [1.54, 1.807) is 11.3 Å². The third kappa shape index (κ3) is 3.49. The predicted octanol–water partition coefficient (Wildman–Crippen LogP) is 2.31. The second-order valence-corrected chi connectivity index (χ2v) is 7.50. The number of benzene rings is 1. The van der Waals surface area contributed by atoms with E-state index in [9.17, 15) is 13.2 Å². The summed E-state index contributed by atoms with van der Waals surface area (Å²) in [6.45, 7) is 0.302. The van der Waals surface area contributed by atoms with E-state index < -0.39 is 16.0 Å². The highest BCUT2D eigenvalue weighted by Crippen LogP contribution is 2.20. The zero-order valence-corrected chi connectivity index (χ0v) is 13.0. The van der Waals surface area contributed by atoms with Gasteiger partial charge in [-0.2, -0.15) is 0 Å². The van der Waals surface area contributed by atoms with E-state index in [4.69, 9.17) is 5.11 Å². The van der Waals surface area contributed by atoms with E-state index in [0.29, 0.717) is 13.0 Å². The fraction of sp³-hybridized carbons (Fsp3) is 0.214. The van der Waals surface area contributed by atoms with Crippen molar-refractivity contribution in [1.29, 1.82) is 0 Å². The lowest BCUT2D eigenvalue weighted by Gasteiger charge is -2.18. The van der Waals surface area contributed by atoms with Crippen LogP contribution in [0.1, 0.15) is 15.2 Å². The number of hydrogen-bond acceptors (Lipinski definition) is 4. The minimum Gasteiger partial charge on any atom is -0.478 e. The number of carboxylic acid groups (broad SMARTS) is 1. The zero-order chi connectivity index (χ0) is 15.5. The SMILES string of the molecule is CN(CCc1cccs1)S(=O)(=O)c1ccccc1C(=O)O. The monoisotopic (exact) mass is 325 g/mol. The van der Waals surface area contributed by atoms with Crippen LogP contribution in [0.4, 0.5) is 0 Å². The minimum atomic E-state index is -3.81. The summed E-state index contributed by atoms with van der Waals surface area (Å²) in [5, 5.41) is 11.0. The summed E-state index contributed by atoms with van der Waals surface area (Å²) in [7, 11) is -2.35. The summed E-state index contributed by atoms with van der Waals surface area (Å²) in [6, 6.07) is 9.49. The average molecular weight is 325 g/mol. The molecule has 2 rings (SSSR count). The van der Waals surface area contributed by atoms with Gasteiger partial charge >= 0.3 is 5.97 Å². The Balaban J connectivity index is 2.23. The summed E-state index contributed by atoms with van der Waals surface area (Å²) in [6.07, 6.45) is 0.600. The summed E-state index contributed by atoms with van der Waals surface area (Å²) in [4.78, 5) is 12.1. The molecule has 0 saturated carbocycles. The Labute approximate surface area is 127 Å². The first kappa shape index (κ1) is 15.7. The average Bonchev–Trinajstić information content (AvgIpc) is 2.97. The summed E-state index contributed by atoms with van der Waals surface area (Å²) < 4.78 is 26.2. The molecule has 0 radical (unpaired) electrons. The number of thiophene rings is 1. The molecule has 0 bridgehead atoms. The van der Waals surface area contributed by atoms with Gasteiger partial charge in [-0.05, 0) is 30.0 Å². The van der Waals surface area contributed by atoms with Crippen molar-refractivity contribution in [2.75, 3.05) is 13.6 Å². The van der Waals surface area contributed by atoms with Crippen LogP contribution in [0.3, 0.4) is 0 Å². The van der Waals surface area contributed by atoms with Crippen molar-refractivity contribution in [2.24, 2.45) is 0 Å². The first-order valence-electron chi connectivity index (χ1n) is 6.24. The summed E-state index contributed by atoms with van der Waals surface area (Å²) >= 11 is 1.56. The normalized spacial score (nSPS) is 11.7. The molecule has 0 atom stereocenters. The van der Waals surface area contributed by atoms with Crippen LogP contribution < -0.4 is 0 Å². The van der Waals surface area contributed by atoms with Gasteiger partial charge in [0.1, 0.15) is 0 Å². The molecule has 0 fully saturated rings. The maximum absolute atomic E-state index is 12.5. The lowest BCUT2D eigenvalue weighted by Crippen LogP contribution is -2.30. The molecule has 0 amide bonds. The van der Waals surface area contributed by atoms with Crippen LogP contribution in [0, 0.1) is 0 Å². The number of sulfonamides is 1. The van der Waals surface area contributed by atoms with E-state index >= 15 is 0 Å². The Kier molecular flexibility index (Phi) is 4.76. The van der Waals surface area contributed by atoms with Crippen molar-refractivity contribution in [3.63, 3.8) is 0 Å². The highest BCUT2D eigenvalue weighted by Gasteiger charge is 2.25. The molecule has 2 aromatic rings. The van der Waals surface area contributed by atoms with Crippen molar-refractivity contribution >= 4 is 27.3 Å². The Hall–Kier alpha value is -1.70. The number of carbonyl (C=O) groups is 1. The molecular weight excluding hydrogens is 310 g/mol. The molecule has 0 unspecified atom stereocenters. The number of likely N-dealkylation sites (N-methyl/N-ethyl adjacent to an activating group) is 1. The maximum atomic E-state index is 12.5. The van der Waals surface area contributed by atoms with Crippen LogP contribution in [0.15, 0.2) is 46.7 Å². The molecule has 0 aliphatic carbocycles. The van der Waals surface area contributed by atoms with Crippen molar-refractivity contribution in [2.45, 2.75) is 11.3 Å². The molecule has 1 N–H and O–H groups in total. The minimum absolute atomic E-state index is 0.175. The molecule has 7 heteroatoms.